The fourth-order valence-corrected chi connectivity index (χ4v) is 2.65. The van der Waals surface area contributed by atoms with Crippen molar-refractivity contribution in [1.82, 2.24) is 0 Å². The molecule has 0 saturated carbocycles. The van der Waals surface area contributed by atoms with E-state index in [1.165, 1.54) is 0 Å². The third-order valence-corrected chi connectivity index (χ3v) is 3.89. The summed E-state index contributed by atoms with van der Waals surface area (Å²) in [5.74, 6) is 0.233. The van der Waals surface area contributed by atoms with Crippen LogP contribution < -0.4 is 15.8 Å². The Morgan fingerprint density at radius 2 is 2.10 bits per heavy atom. The van der Waals surface area contributed by atoms with E-state index >= 15 is 0 Å². The Balaban J connectivity index is 2.11. The van der Waals surface area contributed by atoms with Gasteiger partial charge in [0.05, 0.1) is 22.2 Å². The highest BCUT2D eigenvalue weighted by atomic mass is 79.9. The Morgan fingerprint density at radius 3 is 2.71 bits per heavy atom. The molecular formula is C15H14BrClN2O2. The molecule has 2 aromatic rings. The van der Waals surface area contributed by atoms with Crippen molar-refractivity contribution in [2.75, 3.05) is 12.4 Å². The molecule has 4 nitrogen and oxygen atoms in total. The van der Waals surface area contributed by atoms with Gasteiger partial charge in [-0.3, -0.25) is 4.79 Å². The van der Waals surface area contributed by atoms with E-state index in [0.717, 1.165) is 21.5 Å². The molecule has 6 heteroatoms. The van der Waals surface area contributed by atoms with E-state index in [4.69, 9.17) is 22.1 Å². The lowest BCUT2D eigenvalue weighted by molar-refractivity contribution is 0.100. The number of methoxy groups -OCH3 is 1. The molecule has 0 saturated heterocycles. The van der Waals surface area contributed by atoms with Crippen LogP contribution in [0.1, 0.15) is 15.9 Å². The van der Waals surface area contributed by atoms with Crippen molar-refractivity contribution in [2.24, 2.45) is 5.73 Å². The first-order valence-electron chi connectivity index (χ1n) is 6.17. The van der Waals surface area contributed by atoms with Gasteiger partial charge in [-0.25, -0.2) is 0 Å². The summed E-state index contributed by atoms with van der Waals surface area (Å²) in [6, 6.07) is 10.9. The van der Waals surface area contributed by atoms with E-state index < -0.39 is 5.91 Å². The van der Waals surface area contributed by atoms with E-state index in [1.807, 2.05) is 18.2 Å². The Kier molecular flexibility index (Phi) is 5.09. The molecule has 0 radical (unpaired) electrons. The molecule has 0 atom stereocenters. The van der Waals surface area contributed by atoms with Gasteiger partial charge in [0.1, 0.15) is 5.75 Å². The molecule has 0 unspecified atom stereocenters. The third kappa shape index (κ3) is 3.89. The van der Waals surface area contributed by atoms with E-state index in [1.54, 1.807) is 25.3 Å². The van der Waals surface area contributed by atoms with Crippen LogP contribution >= 0.6 is 27.5 Å². The van der Waals surface area contributed by atoms with Crippen LogP contribution in [-0.4, -0.2) is 13.0 Å². The van der Waals surface area contributed by atoms with Crippen LogP contribution in [0.4, 0.5) is 5.69 Å². The summed E-state index contributed by atoms with van der Waals surface area (Å²) in [5.41, 5.74) is 7.42. The van der Waals surface area contributed by atoms with Crippen LogP contribution in [0.2, 0.25) is 5.02 Å². The molecule has 0 aromatic heterocycles. The zero-order chi connectivity index (χ0) is 15.4. The number of hydrogen-bond donors (Lipinski definition) is 2. The largest absolute Gasteiger partial charge is 0.496 e. The number of carbonyl (C=O) groups excluding carboxylic acids is 1. The van der Waals surface area contributed by atoms with Gasteiger partial charge < -0.3 is 15.8 Å². The predicted molar refractivity (Wildman–Crippen MR) is 88.0 cm³/mol. The highest BCUT2D eigenvalue weighted by molar-refractivity contribution is 9.10. The maximum Gasteiger partial charge on any atom is 0.250 e. The van der Waals surface area contributed by atoms with Crippen LogP contribution in [0.5, 0.6) is 5.75 Å². The van der Waals surface area contributed by atoms with Gasteiger partial charge in [-0.15, -0.1) is 0 Å². The Bertz CT molecular complexity index is 677. The molecular weight excluding hydrogens is 356 g/mol. The molecule has 1 amide bonds. The average Bonchev–Trinajstić information content (AvgIpc) is 2.46. The Labute approximate surface area is 136 Å². The molecule has 0 fully saturated rings. The molecule has 0 heterocycles. The topological polar surface area (TPSA) is 64.3 Å². The molecule has 3 N–H and O–H groups in total. The average molecular weight is 370 g/mol. The second-order valence-electron chi connectivity index (χ2n) is 4.38. The van der Waals surface area contributed by atoms with Crippen molar-refractivity contribution in [3.8, 4) is 5.75 Å². The van der Waals surface area contributed by atoms with Gasteiger partial charge in [0.2, 0.25) is 5.91 Å². The van der Waals surface area contributed by atoms with Crippen molar-refractivity contribution in [3.05, 3.63) is 57.0 Å². The number of nitrogens with one attached hydrogen (secondary N) is 1. The fourth-order valence-electron chi connectivity index (χ4n) is 1.85. The highest BCUT2D eigenvalue weighted by Gasteiger charge is 2.07. The summed E-state index contributed by atoms with van der Waals surface area (Å²) in [7, 11) is 1.62. The molecule has 0 aliphatic carbocycles. The minimum Gasteiger partial charge on any atom is -0.496 e. The molecule has 2 rings (SSSR count). The summed E-state index contributed by atoms with van der Waals surface area (Å²) in [4.78, 5) is 11.3. The SMILES string of the molecule is COc1ccc(CNc2ccc(Cl)c(C(N)=O)c2)cc1Br. The molecule has 2 aromatic carbocycles. The number of amides is 1. The number of primary amides is 1. The minimum absolute atomic E-state index is 0.303. The quantitative estimate of drug-likeness (QED) is 0.842. The number of anilines is 1. The van der Waals surface area contributed by atoms with Gasteiger partial charge in [0, 0.05) is 12.2 Å². The maximum atomic E-state index is 11.3. The van der Waals surface area contributed by atoms with Crippen molar-refractivity contribution < 1.29 is 9.53 Å². The van der Waals surface area contributed by atoms with E-state index in [-0.39, 0.29) is 0 Å². The number of hydrogen-bond acceptors (Lipinski definition) is 3. The van der Waals surface area contributed by atoms with Crippen molar-refractivity contribution in [3.63, 3.8) is 0 Å². The number of ether oxygens (including phenoxy) is 1. The van der Waals surface area contributed by atoms with Gasteiger partial charge in [0.25, 0.3) is 0 Å². The predicted octanol–water partition coefficient (Wildman–Crippen LogP) is 3.82. The monoisotopic (exact) mass is 368 g/mol. The summed E-state index contributed by atoms with van der Waals surface area (Å²) < 4.78 is 6.07. The molecule has 0 aliphatic rings. The van der Waals surface area contributed by atoms with Gasteiger partial charge in [-0.05, 0) is 51.8 Å². The lowest BCUT2D eigenvalue weighted by Gasteiger charge is -2.10. The first-order chi connectivity index (χ1) is 10.0. The van der Waals surface area contributed by atoms with Crippen molar-refractivity contribution in [1.29, 1.82) is 0 Å². The van der Waals surface area contributed by atoms with E-state index in [0.29, 0.717) is 17.1 Å². The van der Waals surface area contributed by atoms with Crippen LogP contribution in [0.15, 0.2) is 40.9 Å². The summed E-state index contributed by atoms with van der Waals surface area (Å²) >= 11 is 9.36. The number of nitrogens with two attached hydrogens (primary N) is 1. The van der Waals surface area contributed by atoms with E-state index in [2.05, 4.69) is 21.2 Å². The zero-order valence-electron chi connectivity index (χ0n) is 11.3. The highest BCUT2D eigenvalue weighted by Crippen LogP contribution is 2.26. The number of carbonyl (C=O) groups is 1. The number of benzene rings is 2. The Hall–Kier alpha value is -1.72. The molecule has 21 heavy (non-hydrogen) atoms. The van der Waals surface area contributed by atoms with Gasteiger partial charge >= 0.3 is 0 Å². The van der Waals surface area contributed by atoms with E-state index in [9.17, 15) is 4.79 Å². The third-order valence-electron chi connectivity index (χ3n) is 2.94. The van der Waals surface area contributed by atoms with Crippen molar-refractivity contribution >= 4 is 39.1 Å². The van der Waals surface area contributed by atoms with Crippen LogP contribution in [-0.2, 0) is 6.54 Å². The Morgan fingerprint density at radius 1 is 1.33 bits per heavy atom. The summed E-state index contributed by atoms with van der Waals surface area (Å²) in [5, 5.41) is 3.57. The number of rotatable bonds is 5. The molecule has 0 bridgehead atoms. The summed E-state index contributed by atoms with van der Waals surface area (Å²) in [6.45, 7) is 0.600. The van der Waals surface area contributed by atoms with Gasteiger partial charge in [-0.2, -0.15) is 0 Å². The first-order valence-corrected chi connectivity index (χ1v) is 7.34. The number of halogens is 2. The lowest BCUT2D eigenvalue weighted by atomic mass is 10.1. The van der Waals surface area contributed by atoms with Crippen molar-refractivity contribution in [2.45, 2.75) is 6.54 Å². The maximum absolute atomic E-state index is 11.3. The zero-order valence-corrected chi connectivity index (χ0v) is 13.7. The lowest BCUT2D eigenvalue weighted by Crippen LogP contribution is -2.12. The second-order valence-corrected chi connectivity index (χ2v) is 5.64. The smallest absolute Gasteiger partial charge is 0.250 e. The van der Waals surface area contributed by atoms with Crippen LogP contribution in [0.25, 0.3) is 0 Å². The molecule has 110 valence electrons. The second kappa shape index (κ2) is 6.83. The minimum atomic E-state index is -0.546. The standard InChI is InChI=1S/C15H14BrClN2O2/c1-21-14-5-2-9(6-12(14)16)8-19-10-3-4-13(17)11(7-10)15(18)20/h2-7,19H,8H2,1H3,(H2,18,20). The first kappa shape index (κ1) is 15.7. The van der Waals surface area contributed by atoms with Gasteiger partial charge in [-0.1, -0.05) is 17.7 Å². The van der Waals surface area contributed by atoms with Crippen LogP contribution in [0.3, 0.4) is 0 Å². The van der Waals surface area contributed by atoms with Gasteiger partial charge in [0.15, 0.2) is 0 Å². The normalized spacial score (nSPS) is 10.2. The fraction of sp³-hybridized carbons (Fsp3) is 0.133. The molecule has 0 spiro atoms. The summed E-state index contributed by atoms with van der Waals surface area (Å²) in [6.07, 6.45) is 0. The molecule has 0 aliphatic heterocycles. The van der Waals surface area contributed by atoms with Crippen LogP contribution in [0, 0.1) is 0 Å².